The molecule has 0 aliphatic rings. The first-order chi connectivity index (χ1) is 11.9. The molecule has 0 aliphatic heterocycles. The van der Waals surface area contributed by atoms with Crippen LogP contribution in [0.15, 0.2) is 41.2 Å². The van der Waals surface area contributed by atoms with Gasteiger partial charge in [0.1, 0.15) is 5.75 Å². The molecule has 0 fully saturated rings. The SMILES string of the molecule is Cc1ccc(OCC(=O)Nc2cc3c(cc2C)n(C)c(=O)n3C)cc1. The predicted molar refractivity (Wildman–Crippen MR) is 98.2 cm³/mol. The summed E-state index contributed by atoms with van der Waals surface area (Å²) in [6.07, 6.45) is 0. The monoisotopic (exact) mass is 339 g/mol. The maximum atomic E-state index is 12.2. The zero-order chi connectivity index (χ0) is 18.1. The molecule has 0 aliphatic carbocycles. The molecule has 0 atom stereocenters. The average molecular weight is 339 g/mol. The molecule has 1 N–H and O–H groups in total. The normalized spacial score (nSPS) is 10.9. The average Bonchev–Trinajstić information content (AvgIpc) is 2.79. The van der Waals surface area contributed by atoms with Gasteiger partial charge >= 0.3 is 5.69 Å². The van der Waals surface area contributed by atoms with Crippen LogP contribution in [0, 0.1) is 13.8 Å². The third-order valence-corrected chi connectivity index (χ3v) is 4.28. The number of aromatic nitrogens is 2. The lowest BCUT2D eigenvalue weighted by molar-refractivity contribution is -0.118. The maximum absolute atomic E-state index is 12.2. The lowest BCUT2D eigenvalue weighted by Crippen LogP contribution is -2.20. The summed E-state index contributed by atoms with van der Waals surface area (Å²) >= 11 is 0. The predicted octanol–water partition coefficient (Wildman–Crippen LogP) is 2.51. The van der Waals surface area contributed by atoms with E-state index in [1.165, 1.54) is 0 Å². The van der Waals surface area contributed by atoms with Crippen LogP contribution in [0.25, 0.3) is 11.0 Å². The summed E-state index contributed by atoms with van der Waals surface area (Å²) < 4.78 is 8.65. The highest BCUT2D eigenvalue weighted by Crippen LogP contribution is 2.22. The van der Waals surface area contributed by atoms with E-state index < -0.39 is 0 Å². The Kier molecular flexibility index (Phi) is 4.35. The van der Waals surface area contributed by atoms with Crippen molar-refractivity contribution in [2.45, 2.75) is 13.8 Å². The molecular weight excluding hydrogens is 318 g/mol. The summed E-state index contributed by atoms with van der Waals surface area (Å²) in [5, 5.41) is 2.85. The fraction of sp³-hybridized carbons (Fsp3) is 0.263. The quantitative estimate of drug-likeness (QED) is 0.794. The second-order valence-electron chi connectivity index (χ2n) is 6.21. The fourth-order valence-electron chi connectivity index (χ4n) is 2.75. The Morgan fingerprint density at radius 2 is 1.64 bits per heavy atom. The first kappa shape index (κ1) is 16.8. The van der Waals surface area contributed by atoms with Gasteiger partial charge < -0.3 is 10.1 Å². The van der Waals surface area contributed by atoms with Crippen LogP contribution in [0.1, 0.15) is 11.1 Å². The van der Waals surface area contributed by atoms with E-state index in [1.54, 1.807) is 23.2 Å². The highest BCUT2D eigenvalue weighted by molar-refractivity contribution is 5.95. The summed E-state index contributed by atoms with van der Waals surface area (Å²) in [5.41, 5.74) is 4.20. The Balaban J connectivity index is 1.76. The molecule has 1 heterocycles. The third kappa shape index (κ3) is 3.28. The molecule has 0 saturated heterocycles. The number of aryl methyl sites for hydroxylation is 4. The molecule has 1 aromatic heterocycles. The fourth-order valence-corrected chi connectivity index (χ4v) is 2.75. The van der Waals surface area contributed by atoms with E-state index in [0.29, 0.717) is 11.4 Å². The van der Waals surface area contributed by atoms with Crippen molar-refractivity contribution in [2.24, 2.45) is 14.1 Å². The topological polar surface area (TPSA) is 65.3 Å². The molecule has 1 amide bonds. The number of nitrogens with one attached hydrogen (secondary N) is 1. The van der Waals surface area contributed by atoms with E-state index in [-0.39, 0.29) is 18.2 Å². The minimum atomic E-state index is -0.246. The minimum absolute atomic E-state index is 0.0751. The number of hydrogen-bond donors (Lipinski definition) is 1. The number of anilines is 1. The Morgan fingerprint density at radius 3 is 2.28 bits per heavy atom. The Labute approximate surface area is 145 Å². The smallest absolute Gasteiger partial charge is 0.328 e. The maximum Gasteiger partial charge on any atom is 0.328 e. The van der Waals surface area contributed by atoms with Crippen molar-refractivity contribution in [2.75, 3.05) is 11.9 Å². The molecule has 0 radical (unpaired) electrons. The van der Waals surface area contributed by atoms with Gasteiger partial charge in [-0.25, -0.2) is 4.79 Å². The van der Waals surface area contributed by atoms with Crippen LogP contribution in [-0.4, -0.2) is 21.6 Å². The van der Waals surface area contributed by atoms with Crippen molar-refractivity contribution in [3.63, 3.8) is 0 Å². The van der Waals surface area contributed by atoms with Crippen molar-refractivity contribution < 1.29 is 9.53 Å². The molecule has 6 heteroatoms. The molecule has 3 rings (SSSR count). The molecule has 130 valence electrons. The molecule has 2 aromatic carbocycles. The minimum Gasteiger partial charge on any atom is -0.484 e. The van der Waals surface area contributed by atoms with Crippen LogP contribution < -0.4 is 15.7 Å². The number of imidazole rings is 1. The van der Waals surface area contributed by atoms with Crippen LogP contribution in [0.2, 0.25) is 0 Å². The van der Waals surface area contributed by atoms with Gasteiger partial charge in [0.2, 0.25) is 0 Å². The van der Waals surface area contributed by atoms with Gasteiger partial charge in [-0.3, -0.25) is 13.9 Å². The molecular formula is C19H21N3O3. The van der Waals surface area contributed by atoms with E-state index in [2.05, 4.69) is 5.32 Å². The zero-order valence-electron chi connectivity index (χ0n) is 14.8. The Bertz CT molecular complexity index is 997. The lowest BCUT2D eigenvalue weighted by Gasteiger charge is -2.11. The lowest BCUT2D eigenvalue weighted by atomic mass is 10.1. The van der Waals surface area contributed by atoms with E-state index in [4.69, 9.17) is 4.74 Å². The van der Waals surface area contributed by atoms with Crippen LogP contribution in [0.3, 0.4) is 0 Å². The number of nitrogens with zero attached hydrogens (tertiary/aromatic N) is 2. The first-order valence-electron chi connectivity index (χ1n) is 8.02. The van der Waals surface area contributed by atoms with Crippen molar-refractivity contribution in [3.05, 3.63) is 58.0 Å². The van der Waals surface area contributed by atoms with Gasteiger partial charge in [-0.05, 0) is 43.7 Å². The molecule has 0 unspecified atom stereocenters. The van der Waals surface area contributed by atoms with Crippen LogP contribution >= 0.6 is 0 Å². The zero-order valence-corrected chi connectivity index (χ0v) is 14.8. The van der Waals surface area contributed by atoms with Crippen molar-refractivity contribution in [1.29, 1.82) is 0 Å². The Morgan fingerprint density at radius 1 is 1.04 bits per heavy atom. The van der Waals surface area contributed by atoms with Gasteiger partial charge in [0, 0.05) is 19.8 Å². The van der Waals surface area contributed by atoms with Crippen LogP contribution in [0.4, 0.5) is 5.69 Å². The molecule has 0 bridgehead atoms. The molecule has 0 spiro atoms. The van der Waals surface area contributed by atoms with Gasteiger partial charge in [0.15, 0.2) is 6.61 Å². The number of carbonyl (C=O) groups is 1. The molecule has 6 nitrogen and oxygen atoms in total. The van der Waals surface area contributed by atoms with Crippen LogP contribution in [-0.2, 0) is 18.9 Å². The summed E-state index contributed by atoms with van der Waals surface area (Å²) in [5.74, 6) is 0.405. The van der Waals surface area contributed by atoms with Gasteiger partial charge in [-0.1, -0.05) is 17.7 Å². The van der Waals surface area contributed by atoms with E-state index in [9.17, 15) is 9.59 Å². The van der Waals surface area contributed by atoms with Gasteiger partial charge in [0.05, 0.1) is 11.0 Å². The Hall–Kier alpha value is -3.02. The van der Waals surface area contributed by atoms with Gasteiger partial charge in [-0.15, -0.1) is 0 Å². The van der Waals surface area contributed by atoms with Crippen molar-refractivity contribution >= 4 is 22.6 Å². The number of benzene rings is 2. The van der Waals surface area contributed by atoms with Crippen molar-refractivity contribution in [1.82, 2.24) is 9.13 Å². The number of fused-ring (bicyclic) bond motifs is 1. The van der Waals surface area contributed by atoms with E-state index in [0.717, 1.165) is 22.2 Å². The summed E-state index contributed by atoms with van der Waals surface area (Å²) in [4.78, 5) is 24.2. The number of ether oxygens (including phenoxy) is 1. The summed E-state index contributed by atoms with van der Waals surface area (Å²) in [7, 11) is 3.45. The van der Waals surface area contributed by atoms with Gasteiger partial charge in [0.25, 0.3) is 5.91 Å². The highest BCUT2D eigenvalue weighted by atomic mass is 16.5. The second-order valence-corrected chi connectivity index (χ2v) is 6.21. The number of rotatable bonds is 4. The number of hydrogen-bond acceptors (Lipinski definition) is 3. The first-order valence-corrected chi connectivity index (χ1v) is 8.02. The molecule has 0 saturated carbocycles. The second kappa shape index (κ2) is 6.47. The third-order valence-electron chi connectivity index (χ3n) is 4.28. The highest BCUT2D eigenvalue weighted by Gasteiger charge is 2.12. The van der Waals surface area contributed by atoms with E-state index in [1.807, 2.05) is 50.2 Å². The van der Waals surface area contributed by atoms with Gasteiger partial charge in [-0.2, -0.15) is 0 Å². The number of amides is 1. The standard InChI is InChI=1S/C19H21N3O3/c1-12-5-7-14(8-6-12)25-11-18(23)20-15-10-17-16(9-13(15)2)21(3)19(24)22(17)4/h5-10H,11H2,1-4H3,(H,20,23). The summed E-state index contributed by atoms with van der Waals surface area (Å²) in [6.45, 7) is 3.81. The number of carbonyl (C=O) groups excluding carboxylic acids is 1. The summed E-state index contributed by atoms with van der Waals surface area (Å²) in [6, 6.07) is 11.2. The van der Waals surface area contributed by atoms with Crippen LogP contribution in [0.5, 0.6) is 5.75 Å². The van der Waals surface area contributed by atoms with E-state index >= 15 is 0 Å². The van der Waals surface area contributed by atoms with Crippen molar-refractivity contribution in [3.8, 4) is 5.75 Å². The largest absolute Gasteiger partial charge is 0.484 e. The molecule has 25 heavy (non-hydrogen) atoms. The molecule has 3 aromatic rings.